The molecule has 1 saturated heterocycles. The van der Waals surface area contributed by atoms with Crippen molar-refractivity contribution >= 4 is 27.3 Å². The number of nitrogens with one attached hydrogen (secondary N) is 1. The maximum Gasteiger partial charge on any atom is 0.123 e. The number of hydrogen-bond donors (Lipinski definition) is 1. The Morgan fingerprint density at radius 2 is 2.21 bits per heavy atom. The highest BCUT2D eigenvalue weighted by Gasteiger charge is 2.15. The molecule has 3 rings (SSSR count). The summed E-state index contributed by atoms with van der Waals surface area (Å²) in [5, 5.41) is 6.69. The molecular formula is C14H15BrN2OS. The molecule has 0 radical (unpaired) electrons. The van der Waals surface area contributed by atoms with Gasteiger partial charge in [-0.1, -0.05) is 28.1 Å². The molecule has 1 aromatic carbocycles. The topological polar surface area (TPSA) is 34.1 Å². The summed E-state index contributed by atoms with van der Waals surface area (Å²) < 4.78 is 6.56. The summed E-state index contributed by atoms with van der Waals surface area (Å²) in [7, 11) is 0. The Bertz CT molecular complexity index is 535. The molecule has 0 spiro atoms. The van der Waals surface area contributed by atoms with Gasteiger partial charge in [0.2, 0.25) is 0 Å². The Morgan fingerprint density at radius 3 is 2.95 bits per heavy atom. The largest absolute Gasteiger partial charge is 0.379 e. The monoisotopic (exact) mass is 338 g/mol. The number of aromatic nitrogens is 1. The van der Waals surface area contributed by atoms with Gasteiger partial charge in [-0.2, -0.15) is 0 Å². The third kappa shape index (κ3) is 3.42. The average molecular weight is 339 g/mol. The second-order valence-electron chi connectivity index (χ2n) is 4.58. The Hall–Kier alpha value is -0.750. The number of hydrogen-bond acceptors (Lipinski definition) is 4. The van der Waals surface area contributed by atoms with E-state index in [9.17, 15) is 0 Å². The van der Waals surface area contributed by atoms with Crippen molar-refractivity contribution in [3.8, 4) is 10.6 Å². The van der Waals surface area contributed by atoms with Gasteiger partial charge in [0.1, 0.15) is 5.01 Å². The average Bonchev–Trinajstić information content (AvgIpc) is 2.89. The van der Waals surface area contributed by atoms with E-state index in [0.29, 0.717) is 6.04 Å². The van der Waals surface area contributed by atoms with Crippen LogP contribution in [0.15, 0.2) is 34.1 Å². The number of morpholine rings is 1. The molecular weight excluding hydrogens is 324 g/mol. The molecule has 5 heteroatoms. The molecule has 2 aromatic rings. The predicted molar refractivity (Wildman–Crippen MR) is 81.6 cm³/mol. The van der Waals surface area contributed by atoms with Gasteiger partial charge in [0, 0.05) is 34.4 Å². The lowest BCUT2D eigenvalue weighted by Gasteiger charge is -2.22. The Balaban J connectivity index is 1.70. The van der Waals surface area contributed by atoms with Gasteiger partial charge >= 0.3 is 0 Å². The lowest BCUT2D eigenvalue weighted by atomic mass is 10.1. The molecule has 1 unspecified atom stereocenters. The molecule has 19 heavy (non-hydrogen) atoms. The van der Waals surface area contributed by atoms with Crippen molar-refractivity contribution in [2.24, 2.45) is 0 Å². The van der Waals surface area contributed by atoms with Gasteiger partial charge in [0.15, 0.2) is 0 Å². The van der Waals surface area contributed by atoms with E-state index < -0.39 is 0 Å². The zero-order chi connectivity index (χ0) is 13.1. The number of rotatable bonds is 3. The SMILES string of the molecule is Brc1ccc(-c2nc(CC3COCCN3)cs2)cc1. The zero-order valence-electron chi connectivity index (χ0n) is 10.4. The van der Waals surface area contributed by atoms with Crippen molar-refractivity contribution in [2.75, 3.05) is 19.8 Å². The van der Waals surface area contributed by atoms with Crippen LogP contribution in [0.2, 0.25) is 0 Å². The van der Waals surface area contributed by atoms with Gasteiger partial charge in [-0.05, 0) is 12.1 Å². The highest BCUT2D eigenvalue weighted by Crippen LogP contribution is 2.25. The number of nitrogens with zero attached hydrogens (tertiary/aromatic N) is 1. The predicted octanol–water partition coefficient (Wildman–Crippen LogP) is 3.10. The van der Waals surface area contributed by atoms with Crippen LogP contribution in [0, 0.1) is 0 Å². The van der Waals surface area contributed by atoms with Crippen molar-refractivity contribution in [1.82, 2.24) is 10.3 Å². The van der Waals surface area contributed by atoms with Crippen LogP contribution in [0.4, 0.5) is 0 Å². The molecule has 1 fully saturated rings. The molecule has 1 aliphatic heterocycles. The first kappa shape index (κ1) is 13.2. The van der Waals surface area contributed by atoms with Crippen molar-refractivity contribution < 1.29 is 4.74 Å². The van der Waals surface area contributed by atoms with Gasteiger partial charge in [-0.25, -0.2) is 4.98 Å². The van der Waals surface area contributed by atoms with Crippen LogP contribution in [0.3, 0.4) is 0 Å². The van der Waals surface area contributed by atoms with Crippen LogP contribution < -0.4 is 5.32 Å². The standard InChI is InChI=1S/C14H15BrN2OS/c15-11-3-1-10(2-4-11)14-17-13(9-19-14)7-12-8-18-6-5-16-12/h1-4,9,12,16H,5-8H2. The maximum atomic E-state index is 5.47. The van der Waals surface area contributed by atoms with Crippen LogP contribution in [0.1, 0.15) is 5.69 Å². The fourth-order valence-electron chi connectivity index (χ4n) is 2.13. The number of ether oxygens (including phenoxy) is 1. The summed E-state index contributed by atoms with van der Waals surface area (Å²) in [6.45, 7) is 2.54. The third-order valence-corrected chi connectivity index (χ3v) is 4.57. The fourth-order valence-corrected chi connectivity index (χ4v) is 3.23. The number of halogens is 1. The van der Waals surface area contributed by atoms with Crippen molar-refractivity contribution in [2.45, 2.75) is 12.5 Å². The van der Waals surface area contributed by atoms with Crippen LogP contribution >= 0.6 is 27.3 Å². The minimum Gasteiger partial charge on any atom is -0.379 e. The van der Waals surface area contributed by atoms with Crippen molar-refractivity contribution in [1.29, 1.82) is 0 Å². The highest BCUT2D eigenvalue weighted by atomic mass is 79.9. The van der Waals surface area contributed by atoms with Crippen LogP contribution in [0.5, 0.6) is 0 Å². The first-order valence-electron chi connectivity index (χ1n) is 6.33. The Kier molecular flexibility index (Phi) is 4.28. The zero-order valence-corrected chi connectivity index (χ0v) is 12.8. The summed E-state index contributed by atoms with van der Waals surface area (Å²) in [4.78, 5) is 4.71. The molecule has 1 N–H and O–H groups in total. The van der Waals surface area contributed by atoms with Gasteiger partial charge in [-0.3, -0.25) is 0 Å². The van der Waals surface area contributed by atoms with Crippen molar-refractivity contribution in [3.05, 3.63) is 39.8 Å². The molecule has 0 amide bonds. The molecule has 3 nitrogen and oxygen atoms in total. The Morgan fingerprint density at radius 1 is 1.37 bits per heavy atom. The quantitative estimate of drug-likeness (QED) is 0.933. The van der Waals surface area contributed by atoms with E-state index in [4.69, 9.17) is 9.72 Å². The second-order valence-corrected chi connectivity index (χ2v) is 6.35. The van der Waals surface area contributed by atoms with E-state index in [0.717, 1.165) is 41.4 Å². The highest BCUT2D eigenvalue weighted by molar-refractivity contribution is 9.10. The number of thiazole rings is 1. The first-order chi connectivity index (χ1) is 9.31. The van der Waals surface area contributed by atoms with E-state index >= 15 is 0 Å². The minimum absolute atomic E-state index is 0.397. The smallest absolute Gasteiger partial charge is 0.123 e. The van der Waals surface area contributed by atoms with Gasteiger partial charge in [0.25, 0.3) is 0 Å². The molecule has 0 bridgehead atoms. The van der Waals surface area contributed by atoms with E-state index in [2.05, 4.69) is 38.8 Å². The molecule has 100 valence electrons. The lowest BCUT2D eigenvalue weighted by molar-refractivity contribution is 0.0767. The second kappa shape index (κ2) is 6.13. The fraction of sp³-hybridized carbons (Fsp3) is 0.357. The van der Waals surface area contributed by atoms with Crippen LogP contribution in [-0.4, -0.2) is 30.8 Å². The summed E-state index contributed by atoms with van der Waals surface area (Å²) >= 11 is 5.15. The summed E-state index contributed by atoms with van der Waals surface area (Å²) in [5.74, 6) is 0. The summed E-state index contributed by atoms with van der Waals surface area (Å²) in [6.07, 6.45) is 0.938. The first-order valence-corrected chi connectivity index (χ1v) is 8.00. The van der Waals surface area contributed by atoms with Crippen LogP contribution in [0.25, 0.3) is 10.6 Å². The van der Waals surface area contributed by atoms with E-state index in [1.807, 2.05) is 12.1 Å². The molecule has 0 saturated carbocycles. The van der Waals surface area contributed by atoms with Crippen molar-refractivity contribution in [3.63, 3.8) is 0 Å². The molecule has 0 aliphatic carbocycles. The lowest BCUT2D eigenvalue weighted by Crippen LogP contribution is -2.42. The molecule has 1 atom stereocenters. The molecule has 1 aromatic heterocycles. The molecule has 2 heterocycles. The normalized spacial score (nSPS) is 19.5. The number of benzene rings is 1. The minimum atomic E-state index is 0.397. The van der Waals surface area contributed by atoms with Gasteiger partial charge in [-0.15, -0.1) is 11.3 Å². The summed E-state index contributed by atoms with van der Waals surface area (Å²) in [6, 6.07) is 8.68. The van der Waals surface area contributed by atoms with Crippen LogP contribution in [-0.2, 0) is 11.2 Å². The van der Waals surface area contributed by atoms with E-state index in [1.54, 1.807) is 11.3 Å². The van der Waals surface area contributed by atoms with Gasteiger partial charge < -0.3 is 10.1 Å². The van der Waals surface area contributed by atoms with E-state index in [-0.39, 0.29) is 0 Å². The molecule has 1 aliphatic rings. The Labute approximate surface area is 125 Å². The summed E-state index contributed by atoms with van der Waals surface area (Å²) in [5.41, 5.74) is 2.32. The van der Waals surface area contributed by atoms with E-state index in [1.165, 1.54) is 5.56 Å². The maximum absolute atomic E-state index is 5.47. The third-order valence-electron chi connectivity index (χ3n) is 3.10. The van der Waals surface area contributed by atoms with Gasteiger partial charge in [0.05, 0.1) is 18.9 Å².